The first-order valence-corrected chi connectivity index (χ1v) is 7.60. The Bertz CT molecular complexity index is 527. The van der Waals surface area contributed by atoms with E-state index in [1.54, 1.807) is 0 Å². The maximum absolute atomic E-state index is 11.9. The van der Waals surface area contributed by atoms with Crippen molar-refractivity contribution in [2.24, 2.45) is 0 Å². The third-order valence-electron chi connectivity index (χ3n) is 2.02. The van der Waals surface area contributed by atoms with Crippen LogP contribution in [-0.2, 0) is 26.9 Å². The second kappa shape index (κ2) is 6.10. The van der Waals surface area contributed by atoms with E-state index in [0.29, 0.717) is 13.0 Å². The number of nitrogens with zero attached hydrogens (tertiary/aromatic N) is 2. The van der Waals surface area contributed by atoms with Gasteiger partial charge in [-0.1, -0.05) is 6.92 Å². The molecular weight excluding hydrogens is 309 g/mol. The highest BCUT2D eigenvalue weighted by molar-refractivity contribution is 8.13. The molecule has 5 nitrogen and oxygen atoms in total. The average molecular weight is 321 g/mol. The fraction of sp³-hybridized carbons (Fsp3) is 0.667. The summed E-state index contributed by atoms with van der Waals surface area (Å²) in [4.78, 5) is -0.329. The van der Waals surface area contributed by atoms with Gasteiger partial charge in [0, 0.05) is 23.4 Å². The number of aryl methyl sites for hydroxylation is 1. The van der Waals surface area contributed by atoms with Gasteiger partial charge in [0.1, 0.15) is 17.2 Å². The van der Waals surface area contributed by atoms with Crippen LogP contribution in [0.3, 0.4) is 0 Å². The van der Waals surface area contributed by atoms with Crippen molar-refractivity contribution >= 4 is 19.7 Å². The molecule has 0 fully saturated rings. The summed E-state index contributed by atoms with van der Waals surface area (Å²) in [6.07, 6.45) is -2.61. The second-order valence-electron chi connectivity index (χ2n) is 3.75. The first kappa shape index (κ1) is 16.3. The number of rotatable bonds is 6. The molecule has 0 spiro atoms. The van der Waals surface area contributed by atoms with E-state index in [2.05, 4.69) is 9.84 Å². The van der Waals surface area contributed by atoms with E-state index >= 15 is 0 Å². The summed E-state index contributed by atoms with van der Waals surface area (Å²) in [6, 6.07) is 0. The highest BCUT2D eigenvalue weighted by Gasteiger charge is 2.28. The molecule has 0 aliphatic heterocycles. The van der Waals surface area contributed by atoms with Gasteiger partial charge < -0.3 is 4.74 Å². The van der Waals surface area contributed by atoms with Crippen LogP contribution >= 0.6 is 10.7 Å². The predicted molar refractivity (Wildman–Crippen MR) is 61.3 cm³/mol. The van der Waals surface area contributed by atoms with E-state index in [0.717, 1.165) is 0 Å². The van der Waals surface area contributed by atoms with Crippen LogP contribution in [0.25, 0.3) is 0 Å². The van der Waals surface area contributed by atoms with Gasteiger partial charge in [-0.3, -0.25) is 4.68 Å². The normalized spacial score (nSPS) is 12.9. The standard InChI is InChI=1S/C9H12ClF3N2O3S/c1-2-3-15-4-8(19(10,16)17)7(14-15)5-18-6-9(11,12)13/h4H,2-3,5-6H2,1H3. The van der Waals surface area contributed by atoms with Crippen LogP contribution in [0.5, 0.6) is 0 Å². The average Bonchev–Trinajstić information content (AvgIpc) is 2.59. The summed E-state index contributed by atoms with van der Waals surface area (Å²) < 4.78 is 64.0. The molecule has 0 saturated carbocycles. The molecule has 10 heteroatoms. The molecule has 0 amide bonds. The van der Waals surface area contributed by atoms with E-state index in [1.165, 1.54) is 10.9 Å². The number of aromatic nitrogens is 2. The van der Waals surface area contributed by atoms with Crippen molar-refractivity contribution in [3.63, 3.8) is 0 Å². The molecule has 1 rings (SSSR count). The first-order chi connectivity index (χ1) is 8.63. The number of ether oxygens (including phenoxy) is 1. The molecular formula is C9H12ClF3N2O3S. The van der Waals surface area contributed by atoms with Crippen LogP contribution in [0.15, 0.2) is 11.1 Å². The van der Waals surface area contributed by atoms with Crippen LogP contribution < -0.4 is 0 Å². The van der Waals surface area contributed by atoms with E-state index in [-0.39, 0.29) is 10.6 Å². The van der Waals surface area contributed by atoms with E-state index in [4.69, 9.17) is 10.7 Å². The molecule has 0 aliphatic carbocycles. The number of hydrogen-bond acceptors (Lipinski definition) is 4. The summed E-state index contributed by atoms with van der Waals surface area (Å²) in [5.74, 6) is 0. The topological polar surface area (TPSA) is 61.2 Å². The van der Waals surface area contributed by atoms with Crippen molar-refractivity contribution in [3.05, 3.63) is 11.9 Å². The number of alkyl halides is 3. The second-order valence-corrected chi connectivity index (χ2v) is 6.28. The van der Waals surface area contributed by atoms with Gasteiger partial charge in [-0.15, -0.1) is 0 Å². The zero-order chi connectivity index (χ0) is 14.7. The monoisotopic (exact) mass is 320 g/mol. The quantitative estimate of drug-likeness (QED) is 0.755. The summed E-state index contributed by atoms with van der Waals surface area (Å²) in [5.41, 5.74) is -0.132. The maximum atomic E-state index is 11.9. The lowest BCUT2D eigenvalue weighted by molar-refractivity contribution is -0.177. The Labute approximate surface area is 112 Å². The Kier molecular flexibility index (Phi) is 5.22. The van der Waals surface area contributed by atoms with Crippen molar-refractivity contribution in [1.82, 2.24) is 9.78 Å². The number of halogens is 4. The largest absolute Gasteiger partial charge is 0.411 e. The van der Waals surface area contributed by atoms with Gasteiger partial charge >= 0.3 is 6.18 Å². The molecule has 0 unspecified atom stereocenters. The fourth-order valence-electron chi connectivity index (χ4n) is 1.35. The minimum Gasteiger partial charge on any atom is -0.366 e. The van der Waals surface area contributed by atoms with E-state index in [9.17, 15) is 21.6 Å². The van der Waals surface area contributed by atoms with Gasteiger partial charge in [-0.05, 0) is 6.42 Å². The molecule has 1 heterocycles. The Morgan fingerprint density at radius 3 is 2.58 bits per heavy atom. The molecule has 0 aromatic carbocycles. The van der Waals surface area contributed by atoms with Gasteiger partial charge in [0.2, 0.25) is 0 Å². The smallest absolute Gasteiger partial charge is 0.366 e. The van der Waals surface area contributed by atoms with Gasteiger partial charge in [0.15, 0.2) is 0 Å². The van der Waals surface area contributed by atoms with Crippen molar-refractivity contribution in [3.8, 4) is 0 Å². The van der Waals surface area contributed by atoms with Crippen molar-refractivity contribution in [1.29, 1.82) is 0 Å². The van der Waals surface area contributed by atoms with Crippen molar-refractivity contribution in [2.45, 2.75) is 37.6 Å². The van der Waals surface area contributed by atoms with Crippen LogP contribution in [0, 0.1) is 0 Å². The zero-order valence-electron chi connectivity index (χ0n) is 9.95. The molecule has 0 aliphatic rings. The minimum absolute atomic E-state index is 0.132. The summed E-state index contributed by atoms with van der Waals surface area (Å²) in [5, 5.41) is 3.85. The molecule has 1 aromatic rings. The lowest BCUT2D eigenvalue weighted by Crippen LogP contribution is -2.17. The van der Waals surface area contributed by atoms with Crippen LogP contribution in [0.1, 0.15) is 19.0 Å². The Balaban J connectivity index is 2.86. The van der Waals surface area contributed by atoms with E-state index < -0.39 is 28.4 Å². The van der Waals surface area contributed by atoms with E-state index in [1.807, 2.05) is 6.92 Å². The highest BCUT2D eigenvalue weighted by atomic mass is 35.7. The zero-order valence-corrected chi connectivity index (χ0v) is 11.5. The molecule has 0 radical (unpaired) electrons. The minimum atomic E-state index is -4.48. The predicted octanol–water partition coefficient (Wildman–Crippen LogP) is 2.30. The lowest BCUT2D eigenvalue weighted by Gasteiger charge is -2.06. The third kappa shape index (κ3) is 5.37. The summed E-state index contributed by atoms with van der Waals surface area (Å²) in [7, 11) is 1.12. The van der Waals surface area contributed by atoms with Gasteiger partial charge in [0.05, 0.1) is 6.61 Å². The molecule has 0 bridgehead atoms. The first-order valence-electron chi connectivity index (χ1n) is 5.29. The molecule has 0 atom stereocenters. The Hall–Kier alpha value is -0.800. The molecule has 1 aromatic heterocycles. The van der Waals surface area contributed by atoms with Crippen molar-refractivity contribution < 1.29 is 26.3 Å². The summed E-state index contributed by atoms with van der Waals surface area (Å²) in [6.45, 7) is 0.224. The molecule has 110 valence electrons. The van der Waals surface area contributed by atoms with Crippen LogP contribution in [0.4, 0.5) is 13.2 Å². The van der Waals surface area contributed by atoms with Gasteiger partial charge in [0.25, 0.3) is 9.05 Å². The molecule has 0 N–H and O–H groups in total. The van der Waals surface area contributed by atoms with Crippen LogP contribution in [0.2, 0.25) is 0 Å². The fourth-order valence-corrected chi connectivity index (χ4v) is 2.37. The molecule has 19 heavy (non-hydrogen) atoms. The summed E-state index contributed by atoms with van der Waals surface area (Å²) >= 11 is 0. The van der Waals surface area contributed by atoms with Gasteiger partial charge in [-0.25, -0.2) is 8.42 Å². The highest BCUT2D eigenvalue weighted by Crippen LogP contribution is 2.21. The SMILES string of the molecule is CCCn1cc(S(=O)(=O)Cl)c(COCC(F)(F)F)n1. The van der Waals surface area contributed by atoms with Crippen LogP contribution in [-0.4, -0.2) is 31.0 Å². The Morgan fingerprint density at radius 1 is 1.47 bits per heavy atom. The molecule has 0 saturated heterocycles. The third-order valence-corrected chi connectivity index (χ3v) is 3.38. The van der Waals surface area contributed by atoms with Crippen molar-refractivity contribution in [2.75, 3.05) is 6.61 Å². The van der Waals surface area contributed by atoms with Gasteiger partial charge in [-0.2, -0.15) is 18.3 Å². The Morgan fingerprint density at radius 2 is 2.11 bits per heavy atom. The lowest BCUT2D eigenvalue weighted by atomic mass is 10.4. The maximum Gasteiger partial charge on any atom is 0.411 e. The number of hydrogen-bond donors (Lipinski definition) is 0.